The van der Waals surface area contributed by atoms with E-state index >= 15 is 0 Å². The van der Waals surface area contributed by atoms with Crippen LogP contribution in [0.25, 0.3) is 0 Å². The molecule has 160 valence electrons. The van der Waals surface area contributed by atoms with Crippen LogP contribution >= 0.6 is 27.7 Å². The van der Waals surface area contributed by atoms with E-state index in [4.69, 9.17) is 0 Å². The van der Waals surface area contributed by atoms with Crippen molar-refractivity contribution >= 4 is 45.2 Å². The third kappa shape index (κ3) is 6.28. The van der Waals surface area contributed by atoms with Crippen LogP contribution < -0.4 is 10.6 Å². The van der Waals surface area contributed by atoms with Crippen molar-refractivity contribution in [2.45, 2.75) is 24.7 Å². The molecule has 0 fully saturated rings. The van der Waals surface area contributed by atoms with Gasteiger partial charge in [0.05, 0.1) is 11.8 Å². The Labute approximate surface area is 193 Å². The number of halogens is 1. The number of hydrogen-bond acceptors (Lipinski definition) is 5. The van der Waals surface area contributed by atoms with Crippen molar-refractivity contribution in [3.05, 3.63) is 83.1 Å². The maximum atomic E-state index is 12.5. The Hall–Kier alpha value is -2.91. The molecule has 7 nitrogen and oxygen atoms in total. The SMILES string of the molecule is C=CCn1c(SCC(=O)Nc2ccc(Br)cc2)nnc1[C@H](C)NC(=O)c1ccccc1. The number of rotatable bonds is 9. The van der Waals surface area contributed by atoms with Gasteiger partial charge in [0.25, 0.3) is 5.91 Å². The van der Waals surface area contributed by atoms with E-state index in [1.807, 2.05) is 54.0 Å². The molecule has 2 aromatic carbocycles. The molecule has 0 unspecified atom stereocenters. The first kappa shape index (κ1) is 22.8. The van der Waals surface area contributed by atoms with Gasteiger partial charge in [-0.15, -0.1) is 16.8 Å². The predicted molar refractivity (Wildman–Crippen MR) is 126 cm³/mol. The highest BCUT2D eigenvalue weighted by Crippen LogP contribution is 2.22. The van der Waals surface area contributed by atoms with E-state index in [0.717, 1.165) is 10.2 Å². The first-order valence-electron chi connectivity index (χ1n) is 9.56. The fraction of sp³-hybridized carbons (Fsp3) is 0.182. The molecule has 2 N–H and O–H groups in total. The van der Waals surface area contributed by atoms with E-state index in [1.165, 1.54) is 11.8 Å². The Morgan fingerprint density at radius 1 is 1.16 bits per heavy atom. The molecular weight excluding hydrogens is 478 g/mol. The molecule has 0 aliphatic rings. The molecule has 0 saturated heterocycles. The molecule has 3 rings (SSSR count). The molecule has 0 aliphatic carbocycles. The summed E-state index contributed by atoms with van der Waals surface area (Å²) in [7, 11) is 0. The molecule has 9 heteroatoms. The summed E-state index contributed by atoms with van der Waals surface area (Å²) in [6, 6.07) is 16.0. The van der Waals surface area contributed by atoms with E-state index in [1.54, 1.807) is 18.2 Å². The van der Waals surface area contributed by atoms with Crippen molar-refractivity contribution in [3.8, 4) is 0 Å². The highest BCUT2D eigenvalue weighted by atomic mass is 79.9. The van der Waals surface area contributed by atoms with Gasteiger partial charge in [-0.3, -0.25) is 9.59 Å². The Morgan fingerprint density at radius 2 is 1.87 bits per heavy atom. The van der Waals surface area contributed by atoms with E-state index in [0.29, 0.717) is 23.1 Å². The fourth-order valence-corrected chi connectivity index (χ4v) is 3.84. The second kappa shape index (κ2) is 10.9. The second-order valence-corrected chi connectivity index (χ2v) is 8.50. The summed E-state index contributed by atoms with van der Waals surface area (Å²) in [5, 5.41) is 14.8. The van der Waals surface area contributed by atoms with Crippen LogP contribution in [0, 0.1) is 0 Å². The lowest BCUT2D eigenvalue weighted by atomic mass is 10.2. The van der Waals surface area contributed by atoms with Crippen LogP contribution in [0.3, 0.4) is 0 Å². The van der Waals surface area contributed by atoms with Crippen LogP contribution in [-0.4, -0.2) is 32.3 Å². The molecule has 3 aromatic rings. The van der Waals surface area contributed by atoms with Gasteiger partial charge in [-0.25, -0.2) is 0 Å². The highest BCUT2D eigenvalue weighted by molar-refractivity contribution is 9.10. The topological polar surface area (TPSA) is 88.9 Å². The van der Waals surface area contributed by atoms with Crippen LogP contribution in [0.5, 0.6) is 0 Å². The molecule has 1 heterocycles. The maximum absolute atomic E-state index is 12.5. The van der Waals surface area contributed by atoms with Crippen LogP contribution in [0.15, 0.2) is 76.9 Å². The summed E-state index contributed by atoms with van der Waals surface area (Å²) in [4.78, 5) is 24.8. The number of aromatic nitrogens is 3. The molecule has 0 saturated carbocycles. The van der Waals surface area contributed by atoms with Gasteiger partial charge < -0.3 is 15.2 Å². The van der Waals surface area contributed by atoms with E-state index in [2.05, 4.69) is 43.3 Å². The number of carbonyl (C=O) groups excluding carboxylic acids is 2. The van der Waals surface area contributed by atoms with Gasteiger partial charge in [-0.2, -0.15) is 0 Å². The molecule has 0 bridgehead atoms. The fourth-order valence-electron chi connectivity index (χ4n) is 2.82. The van der Waals surface area contributed by atoms with Crippen molar-refractivity contribution in [2.75, 3.05) is 11.1 Å². The summed E-state index contributed by atoms with van der Waals surface area (Å²) in [6.45, 7) is 6.10. The first-order valence-corrected chi connectivity index (χ1v) is 11.3. The molecule has 0 spiro atoms. The van der Waals surface area contributed by atoms with Gasteiger partial charge in [-0.05, 0) is 43.3 Å². The Bertz CT molecular complexity index is 1050. The van der Waals surface area contributed by atoms with Gasteiger partial charge in [0.1, 0.15) is 0 Å². The molecule has 2 amide bonds. The largest absolute Gasteiger partial charge is 0.342 e. The van der Waals surface area contributed by atoms with Crippen LogP contribution in [-0.2, 0) is 11.3 Å². The number of allylic oxidation sites excluding steroid dienone is 1. The van der Waals surface area contributed by atoms with Gasteiger partial charge in [0, 0.05) is 22.3 Å². The third-order valence-corrected chi connectivity index (χ3v) is 5.78. The Morgan fingerprint density at radius 3 is 2.55 bits per heavy atom. The molecule has 0 aliphatic heterocycles. The number of nitrogens with zero attached hydrogens (tertiary/aromatic N) is 3. The molecule has 1 aromatic heterocycles. The predicted octanol–water partition coefficient (Wildman–Crippen LogP) is 4.45. The Balaban J connectivity index is 1.65. The van der Waals surface area contributed by atoms with Crippen molar-refractivity contribution in [1.29, 1.82) is 0 Å². The first-order chi connectivity index (χ1) is 15.0. The van der Waals surface area contributed by atoms with E-state index < -0.39 is 0 Å². The molecule has 0 radical (unpaired) electrons. The lowest BCUT2D eigenvalue weighted by Gasteiger charge is -2.15. The number of nitrogens with one attached hydrogen (secondary N) is 2. The monoisotopic (exact) mass is 499 g/mol. The van der Waals surface area contributed by atoms with E-state index in [-0.39, 0.29) is 23.6 Å². The van der Waals surface area contributed by atoms with Crippen LogP contribution in [0.2, 0.25) is 0 Å². The zero-order valence-electron chi connectivity index (χ0n) is 16.9. The smallest absolute Gasteiger partial charge is 0.251 e. The minimum atomic E-state index is -0.369. The minimum absolute atomic E-state index is 0.146. The van der Waals surface area contributed by atoms with Gasteiger partial charge in [0.2, 0.25) is 5.91 Å². The van der Waals surface area contributed by atoms with Crippen LogP contribution in [0.1, 0.15) is 29.1 Å². The van der Waals surface area contributed by atoms with Gasteiger partial charge in [0.15, 0.2) is 11.0 Å². The summed E-state index contributed by atoms with van der Waals surface area (Å²) in [5.74, 6) is 0.438. The lowest BCUT2D eigenvalue weighted by molar-refractivity contribution is -0.113. The molecule has 31 heavy (non-hydrogen) atoms. The van der Waals surface area contributed by atoms with Crippen molar-refractivity contribution in [1.82, 2.24) is 20.1 Å². The van der Waals surface area contributed by atoms with Gasteiger partial charge >= 0.3 is 0 Å². The number of carbonyl (C=O) groups is 2. The number of amides is 2. The zero-order chi connectivity index (χ0) is 22.2. The van der Waals surface area contributed by atoms with Crippen LogP contribution in [0.4, 0.5) is 5.69 Å². The summed E-state index contributed by atoms with van der Waals surface area (Å²) >= 11 is 4.65. The maximum Gasteiger partial charge on any atom is 0.251 e. The van der Waals surface area contributed by atoms with Crippen molar-refractivity contribution < 1.29 is 9.59 Å². The van der Waals surface area contributed by atoms with Gasteiger partial charge in [-0.1, -0.05) is 52.0 Å². The Kier molecular flexibility index (Phi) is 8.02. The summed E-state index contributed by atoms with van der Waals surface area (Å²) < 4.78 is 2.79. The number of thioether (sulfide) groups is 1. The third-order valence-electron chi connectivity index (χ3n) is 4.29. The number of hydrogen-bond donors (Lipinski definition) is 2. The van der Waals surface area contributed by atoms with Crippen molar-refractivity contribution in [2.24, 2.45) is 0 Å². The summed E-state index contributed by atoms with van der Waals surface area (Å²) in [5.41, 5.74) is 1.29. The zero-order valence-corrected chi connectivity index (χ0v) is 19.3. The normalized spacial score (nSPS) is 11.5. The van der Waals surface area contributed by atoms with Crippen molar-refractivity contribution in [3.63, 3.8) is 0 Å². The van der Waals surface area contributed by atoms with E-state index in [9.17, 15) is 9.59 Å². The average molecular weight is 500 g/mol. The minimum Gasteiger partial charge on any atom is -0.342 e. The molecule has 1 atom stereocenters. The number of benzene rings is 2. The standard InChI is InChI=1S/C22H22BrN5O2S/c1-3-13-28-20(15(2)24-21(30)16-7-5-4-6-8-16)26-27-22(28)31-14-19(29)25-18-11-9-17(23)10-12-18/h3-12,15H,1,13-14H2,2H3,(H,24,30)(H,25,29)/t15-/m0/s1. The summed E-state index contributed by atoms with van der Waals surface area (Å²) in [6.07, 6.45) is 1.73. The average Bonchev–Trinajstić information content (AvgIpc) is 3.17. The lowest BCUT2D eigenvalue weighted by Crippen LogP contribution is -2.28. The highest BCUT2D eigenvalue weighted by Gasteiger charge is 2.20. The second-order valence-electron chi connectivity index (χ2n) is 6.64. The number of anilines is 1. The quantitative estimate of drug-likeness (QED) is 0.335. The molecular formula is C22H22BrN5O2S.